The largest absolute Gasteiger partial charge is 0.206 e. The lowest BCUT2D eigenvalue weighted by Gasteiger charge is -2.37. The Bertz CT molecular complexity index is 836. The van der Waals surface area contributed by atoms with Crippen LogP contribution in [0.2, 0.25) is 0 Å². The summed E-state index contributed by atoms with van der Waals surface area (Å²) in [5.74, 6) is -0.0531. The lowest BCUT2D eigenvalue weighted by Crippen LogP contribution is -2.25. The fourth-order valence-electron chi connectivity index (χ4n) is 5.46. The molecule has 2 fully saturated rings. The zero-order valence-corrected chi connectivity index (χ0v) is 16.3. The van der Waals surface area contributed by atoms with Gasteiger partial charge in [0.15, 0.2) is 11.6 Å². The van der Waals surface area contributed by atoms with Crippen LogP contribution in [0.5, 0.6) is 0 Å². The normalized spacial score (nSPS) is 29.2. The highest BCUT2D eigenvalue weighted by atomic mass is 19.2. The zero-order valence-electron chi connectivity index (χ0n) is 16.3. The van der Waals surface area contributed by atoms with E-state index in [1.807, 2.05) is 0 Å². The minimum Gasteiger partial charge on any atom is -0.206 e. The van der Waals surface area contributed by atoms with Gasteiger partial charge in [0.25, 0.3) is 0 Å². The molecule has 2 aromatic rings. The third kappa shape index (κ3) is 3.50. The van der Waals surface area contributed by atoms with Gasteiger partial charge in [-0.05, 0) is 91.7 Å². The SMILES string of the molecule is Cc1ccc2cc(C3CCC(C4CCC(C)CC4)CC3)c(F)c(F)c2c1F.[HH].[HH]. The van der Waals surface area contributed by atoms with Gasteiger partial charge in [-0.1, -0.05) is 31.9 Å². The van der Waals surface area contributed by atoms with Crippen molar-refractivity contribution in [2.24, 2.45) is 17.8 Å². The van der Waals surface area contributed by atoms with Crippen molar-refractivity contribution in [3.8, 4) is 0 Å². The molecule has 2 saturated carbocycles. The highest BCUT2D eigenvalue weighted by Crippen LogP contribution is 2.45. The Kier molecular flexibility index (Phi) is 5.22. The second-order valence-corrected chi connectivity index (χ2v) is 9.02. The van der Waals surface area contributed by atoms with Gasteiger partial charge in [-0.15, -0.1) is 0 Å². The van der Waals surface area contributed by atoms with Crippen LogP contribution in [-0.2, 0) is 0 Å². The predicted molar refractivity (Wildman–Crippen MR) is 109 cm³/mol. The predicted octanol–water partition coefficient (Wildman–Crippen LogP) is 8.16. The quantitative estimate of drug-likeness (QED) is 0.494. The standard InChI is InChI=1S/C24H29F3.2H2/c1-14-3-6-16(7-4-14)17-9-11-18(12-10-17)20-13-19-8-5-15(2)22(25)21(19)24(27)23(20)26;;/h5,8,13-14,16-18H,3-4,6-7,9-12H2,1-2H3;2*1H. The summed E-state index contributed by atoms with van der Waals surface area (Å²) in [6.07, 6.45) is 9.35. The first-order valence-electron chi connectivity index (χ1n) is 10.5. The van der Waals surface area contributed by atoms with E-state index in [-0.39, 0.29) is 14.2 Å². The maximum atomic E-state index is 14.8. The number of benzene rings is 2. The fourth-order valence-corrected chi connectivity index (χ4v) is 5.46. The van der Waals surface area contributed by atoms with Crippen molar-refractivity contribution in [2.45, 2.75) is 71.1 Å². The van der Waals surface area contributed by atoms with Crippen LogP contribution in [0.3, 0.4) is 0 Å². The van der Waals surface area contributed by atoms with E-state index in [4.69, 9.17) is 0 Å². The van der Waals surface area contributed by atoms with Crippen molar-refractivity contribution in [2.75, 3.05) is 0 Å². The van der Waals surface area contributed by atoms with E-state index in [1.54, 1.807) is 25.1 Å². The summed E-state index contributed by atoms with van der Waals surface area (Å²) in [5, 5.41) is 0.261. The van der Waals surface area contributed by atoms with E-state index in [0.29, 0.717) is 16.5 Å². The van der Waals surface area contributed by atoms with E-state index in [0.717, 1.165) is 43.4 Å². The highest BCUT2D eigenvalue weighted by molar-refractivity contribution is 5.85. The second kappa shape index (κ2) is 7.48. The lowest BCUT2D eigenvalue weighted by atomic mass is 9.68. The van der Waals surface area contributed by atoms with Crippen molar-refractivity contribution in [1.82, 2.24) is 0 Å². The van der Waals surface area contributed by atoms with E-state index in [9.17, 15) is 13.2 Å². The number of halogens is 3. The Hall–Kier alpha value is -1.51. The summed E-state index contributed by atoms with van der Waals surface area (Å²) < 4.78 is 43.7. The summed E-state index contributed by atoms with van der Waals surface area (Å²) in [6.45, 7) is 3.92. The molecular formula is C24H33F3. The molecule has 0 spiro atoms. The van der Waals surface area contributed by atoms with Gasteiger partial charge in [-0.2, -0.15) is 0 Å². The number of hydrogen-bond donors (Lipinski definition) is 0. The zero-order chi connectivity index (χ0) is 19.1. The van der Waals surface area contributed by atoms with Crippen LogP contribution < -0.4 is 0 Å². The van der Waals surface area contributed by atoms with Crippen LogP contribution in [0.15, 0.2) is 18.2 Å². The Morgan fingerprint density at radius 3 is 2.00 bits per heavy atom. The molecule has 0 saturated heterocycles. The van der Waals surface area contributed by atoms with Crippen molar-refractivity contribution in [3.63, 3.8) is 0 Å². The van der Waals surface area contributed by atoms with Crippen LogP contribution >= 0.6 is 0 Å². The fraction of sp³-hybridized carbons (Fsp3) is 0.583. The van der Waals surface area contributed by atoms with Gasteiger partial charge in [0, 0.05) is 2.85 Å². The van der Waals surface area contributed by atoms with Crippen molar-refractivity contribution < 1.29 is 16.0 Å². The van der Waals surface area contributed by atoms with Crippen molar-refractivity contribution >= 4 is 10.8 Å². The molecule has 3 heteroatoms. The average Bonchev–Trinajstić information content (AvgIpc) is 2.68. The highest BCUT2D eigenvalue weighted by Gasteiger charge is 2.32. The molecule has 0 amide bonds. The van der Waals surface area contributed by atoms with Crippen molar-refractivity contribution in [1.29, 1.82) is 0 Å². The molecule has 0 aliphatic heterocycles. The third-order valence-electron chi connectivity index (χ3n) is 7.28. The average molecular weight is 379 g/mol. The molecule has 0 radical (unpaired) electrons. The monoisotopic (exact) mass is 378 g/mol. The molecule has 0 aromatic heterocycles. The van der Waals surface area contributed by atoms with Gasteiger partial charge in [-0.25, -0.2) is 13.2 Å². The Balaban J connectivity index is 0.00000150. The first-order valence-corrected chi connectivity index (χ1v) is 10.5. The topological polar surface area (TPSA) is 0 Å². The minimum absolute atomic E-state index is 0. The van der Waals surface area contributed by atoms with Crippen molar-refractivity contribution in [3.05, 3.63) is 46.8 Å². The Morgan fingerprint density at radius 2 is 1.37 bits per heavy atom. The number of fused-ring (bicyclic) bond motifs is 1. The van der Waals surface area contributed by atoms with Gasteiger partial charge < -0.3 is 0 Å². The van der Waals surface area contributed by atoms with E-state index in [2.05, 4.69) is 6.92 Å². The lowest BCUT2D eigenvalue weighted by molar-refractivity contribution is 0.164. The number of aryl methyl sites for hydroxylation is 1. The molecule has 150 valence electrons. The molecule has 0 bridgehead atoms. The summed E-state index contributed by atoms with van der Waals surface area (Å²) >= 11 is 0. The summed E-state index contributed by atoms with van der Waals surface area (Å²) in [5.41, 5.74) is 0.787. The number of rotatable bonds is 2. The smallest absolute Gasteiger partial charge is 0.169 e. The molecule has 0 unspecified atom stereocenters. The maximum absolute atomic E-state index is 14.8. The second-order valence-electron chi connectivity index (χ2n) is 9.02. The maximum Gasteiger partial charge on any atom is 0.169 e. The first kappa shape index (κ1) is 18.8. The molecule has 0 N–H and O–H groups in total. The van der Waals surface area contributed by atoms with Gasteiger partial charge in [-0.3, -0.25) is 0 Å². The van der Waals surface area contributed by atoms with Crippen LogP contribution in [0.4, 0.5) is 13.2 Å². The summed E-state index contributed by atoms with van der Waals surface area (Å²) in [6, 6.07) is 5.03. The van der Waals surface area contributed by atoms with E-state index in [1.165, 1.54) is 25.7 Å². The molecule has 2 aromatic carbocycles. The Morgan fingerprint density at radius 1 is 0.778 bits per heavy atom. The number of hydrogen-bond acceptors (Lipinski definition) is 0. The summed E-state index contributed by atoms with van der Waals surface area (Å²) in [7, 11) is 0. The van der Waals surface area contributed by atoms with Gasteiger partial charge in [0.1, 0.15) is 5.82 Å². The molecule has 27 heavy (non-hydrogen) atoms. The molecule has 0 atom stereocenters. The third-order valence-corrected chi connectivity index (χ3v) is 7.28. The Labute approximate surface area is 163 Å². The molecular weight excluding hydrogens is 345 g/mol. The van der Waals surface area contributed by atoms with Crippen LogP contribution in [0, 0.1) is 42.1 Å². The molecule has 4 rings (SSSR count). The molecule has 2 aliphatic rings. The van der Waals surface area contributed by atoms with Crippen LogP contribution in [0.25, 0.3) is 10.8 Å². The van der Waals surface area contributed by atoms with Crippen LogP contribution in [0.1, 0.15) is 78.2 Å². The van der Waals surface area contributed by atoms with Gasteiger partial charge in [0.05, 0.1) is 5.39 Å². The molecule has 0 nitrogen and oxygen atoms in total. The van der Waals surface area contributed by atoms with Crippen LogP contribution in [-0.4, -0.2) is 0 Å². The molecule has 0 heterocycles. The van der Waals surface area contributed by atoms with Gasteiger partial charge in [0.2, 0.25) is 0 Å². The van der Waals surface area contributed by atoms with E-state index >= 15 is 0 Å². The minimum atomic E-state index is -1.02. The van der Waals surface area contributed by atoms with Gasteiger partial charge >= 0.3 is 0 Å². The van der Waals surface area contributed by atoms with E-state index < -0.39 is 17.5 Å². The summed E-state index contributed by atoms with van der Waals surface area (Å²) in [4.78, 5) is 0. The first-order chi connectivity index (χ1) is 13.0. The molecule has 2 aliphatic carbocycles.